The molecule has 5 heteroatoms. The number of hydrogen-bond donors (Lipinski definition) is 0. The monoisotopic (exact) mass is 146 g/mol. The Morgan fingerprint density at radius 1 is 1.40 bits per heavy atom. The maximum atomic E-state index is 9.97. The molecule has 0 heterocycles. The smallest absolute Gasteiger partial charge is 0.141 e. The second kappa shape index (κ2) is 4.99. The normalized spacial score (nSPS) is 15.8. The molecule has 58 valence electrons. The van der Waals surface area contributed by atoms with E-state index in [1.54, 1.807) is 0 Å². The zero-order chi connectivity index (χ0) is 7.98. The van der Waals surface area contributed by atoms with Crippen LogP contribution in [0.15, 0.2) is 10.4 Å². The van der Waals surface area contributed by atoms with Crippen molar-refractivity contribution in [1.82, 2.24) is 0 Å². The molecule has 0 aliphatic heterocycles. The van der Waals surface area contributed by atoms with Gasteiger partial charge in [0, 0.05) is 7.11 Å². The van der Waals surface area contributed by atoms with Gasteiger partial charge in [0.05, 0.1) is 6.61 Å². The van der Waals surface area contributed by atoms with Crippen LogP contribution in [0.3, 0.4) is 0 Å². The number of methoxy groups -OCH3 is 1. The van der Waals surface area contributed by atoms with E-state index in [4.69, 9.17) is 0 Å². The van der Waals surface area contributed by atoms with Crippen LogP contribution in [0, 0.1) is 9.81 Å². The fourth-order valence-corrected chi connectivity index (χ4v) is 0.499. The van der Waals surface area contributed by atoms with Gasteiger partial charge in [0.25, 0.3) is 0 Å². The van der Waals surface area contributed by atoms with E-state index in [0.29, 0.717) is 0 Å². The Kier molecular flexibility index (Phi) is 4.57. The first-order valence-corrected chi connectivity index (χ1v) is 2.90. The van der Waals surface area contributed by atoms with Gasteiger partial charge < -0.3 is 4.74 Å². The first-order chi connectivity index (χ1) is 4.76. The van der Waals surface area contributed by atoms with Crippen LogP contribution in [-0.2, 0) is 4.74 Å². The van der Waals surface area contributed by atoms with Crippen molar-refractivity contribution >= 4 is 0 Å². The van der Waals surface area contributed by atoms with Crippen LogP contribution in [0.5, 0.6) is 0 Å². The maximum absolute atomic E-state index is 9.97. The first kappa shape index (κ1) is 9.16. The summed E-state index contributed by atoms with van der Waals surface area (Å²) < 4.78 is 4.63. The summed E-state index contributed by atoms with van der Waals surface area (Å²) in [6.07, 6.45) is 0. The average Bonchev–Trinajstić information content (AvgIpc) is 1.99. The Labute approximate surface area is 58.7 Å². The summed E-state index contributed by atoms with van der Waals surface area (Å²) in [4.78, 5) is 19.8. The molecule has 5 nitrogen and oxygen atoms in total. The molecule has 2 atom stereocenters. The Morgan fingerprint density at radius 3 is 2.30 bits per heavy atom. The van der Waals surface area contributed by atoms with Crippen LogP contribution in [0.4, 0.5) is 0 Å². The lowest BCUT2D eigenvalue weighted by Gasteiger charge is -2.07. The number of rotatable bonds is 5. The van der Waals surface area contributed by atoms with Gasteiger partial charge in [0.2, 0.25) is 0 Å². The van der Waals surface area contributed by atoms with Crippen LogP contribution in [-0.4, -0.2) is 25.8 Å². The van der Waals surface area contributed by atoms with Crippen LogP contribution in [0.1, 0.15) is 6.92 Å². The molecule has 0 amide bonds. The van der Waals surface area contributed by atoms with Crippen LogP contribution < -0.4 is 0 Å². The summed E-state index contributed by atoms with van der Waals surface area (Å²) in [5, 5.41) is 5.33. The third-order valence-corrected chi connectivity index (χ3v) is 1.20. The molecule has 0 aromatic carbocycles. The van der Waals surface area contributed by atoms with Crippen LogP contribution in [0.25, 0.3) is 0 Å². The largest absolute Gasteiger partial charge is 0.382 e. The Morgan fingerprint density at radius 2 is 2.00 bits per heavy atom. The fraction of sp³-hybridized carbons (Fsp3) is 1.00. The zero-order valence-corrected chi connectivity index (χ0v) is 5.98. The lowest BCUT2D eigenvalue weighted by atomic mass is 10.2. The minimum atomic E-state index is -0.650. The van der Waals surface area contributed by atoms with Gasteiger partial charge in [0.1, 0.15) is 12.1 Å². The van der Waals surface area contributed by atoms with Crippen molar-refractivity contribution in [3.8, 4) is 0 Å². The molecule has 2 unspecified atom stereocenters. The van der Waals surface area contributed by atoms with E-state index in [1.165, 1.54) is 14.0 Å². The second-order valence-corrected chi connectivity index (χ2v) is 1.97. The number of ether oxygens (including phenoxy) is 1. The highest BCUT2D eigenvalue weighted by molar-refractivity contribution is 4.76. The quantitative estimate of drug-likeness (QED) is 0.541. The summed E-state index contributed by atoms with van der Waals surface area (Å²) in [7, 11) is 1.44. The molecule has 0 rings (SSSR count). The van der Waals surface area contributed by atoms with Crippen molar-refractivity contribution in [3.05, 3.63) is 9.81 Å². The van der Waals surface area contributed by atoms with Gasteiger partial charge in [-0.25, -0.2) is 0 Å². The lowest BCUT2D eigenvalue weighted by Crippen LogP contribution is -2.23. The van der Waals surface area contributed by atoms with Gasteiger partial charge in [-0.1, -0.05) is 10.4 Å². The fourth-order valence-electron chi connectivity index (χ4n) is 0.499. The standard InChI is InChI=1S/C5H10N2O3/c1-4(6-8)5(7-9)3-10-2/h4-5H,3H2,1-2H3. The van der Waals surface area contributed by atoms with E-state index in [2.05, 4.69) is 15.1 Å². The first-order valence-electron chi connectivity index (χ1n) is 2.90. The van der Waals surface area contributed by atoms with E-state index in [0.717, 1.165) is 0 Å². The number of nitroso groups, excluding NO2 is 2. The summed E-state index contributed by atoms with van der Waals surface area (Å²) in [6, 6.07) is -1.25. The number of nitrogens with zero attached hydrogens (tertiary/aromatic N) is 2. The highest BCUT2D eigenvalue weighted by Gasteiger charge is 2.17. The van der Waals surface area contributed by atoms with E-state index in [-0.39, 0.29) is 6.61 Å². The highest BCUT2D eigenvalue weighted by atomic mass is 16.5. The van der Waals surface area contributed by atoms with Gasteiger partial charge in [-0.2, -0.15) is 9.81 Å². The molecule has 0 bridgehead atoms. The predicted molar refractivity (Wildman–Crippen MR) is 36.7 cm³/mol. The van der Waals surface area contributed by atoms with Crippen molar-refractivity contribution in [2.75, 3.05) is 13.7 Å². The van der Waals surface area contributed by atoms with Crippen molar-refractivity contribution in [2.24, 2.45) is 10.4 Å². The van der Waals surface area contributed by atoms with Crippen LogP contribution >= 0.6 is 0 Å². The van der Waals surface area contributed by atoms with Gasteiger partial charge in [0.15, 0.2) is 0 Å². The third kappa shape index (κ3) is 2.63. The Balaban J connectivity index is 3.78. The molecular weight excluding hydrogens is 136 g/mol. The summed E-state index contributed by atoms with van der Waals surface area (Å²) in [6.45, 7) is 1.68. The van der Waals surface area contributed by atoms with Gasteiger partial charge >= 0.3 is 0 Å². The summed E-state index contributed by atoms with van der Waals surface area (Å²) in [5.41, 5.74) is 0. The molecule has 0 fully saturated rings. The molecule has 0 saturated carbocycles. The molecule has 0 aliphatic rings. The van der Waals surface area contributed by atoms with Gasteiger partial charge in [-0.3, -0.25) is 0 Å². The maximum Gasteiger partial charge on any atom is 0.141 e. The molecule has 0 radical (unpaired) electrons. The SMILES string of the molecule is COCC(N=O)C(C)N=O. The molecular formula is C5H10N2O3. The Hall–Kier alpha value is -0.840. The average molecular weight is 146 g/mol. The molecule has 0 spiro atoms. The zero-order valence-electron chi connectivity index (χ0n) is 5.98. The summed E-state index contributed by atoms with van der Waals surface area (Å²) in [5.74, 6) is 0. The van der Waals surface area contributed by atoms with Crippen molar-refractivity contribution < 1.29 is 4.74 Å². The van der Waals surface area contributed by atoms with Crippen molar-refractivity contribution in [2.45, 2.75) is 19.0 Å². The van der Waals surface area contributed by atoms with Crippen molar-refractivity contribution in [3.63, 3.8) is 0 Å². The van der Waals surface area contributed by atoms with Crippen molar-refractivity contribution in [1.29, 1.82) is 0 Å². The second-order valence-electron chi connectivity index (χ2n) is 1.97. The molecule has 10 heavy (non-hydrogen) atoms. The Bertz CT molecular complexity index is 117. The van der Waals surface area contributed by atoms with E-state index in [1.807, 2.05) is 0 Å². The van der Waals surface area contributed by atoms with Gasteiger partial charge in [-0.05, 0) is 6.92 Å². The molecule has 0 saturated heterocycles. The minimum Gasteiger partial charge on any atom is -0.382 e. The topological polar surface area (TPSA) is 68.1 Å². The van der Waals surface area contributed by atoms with E-state index in [9.17, 15) is 9.81 Å². The third-order valence-electron chi connectivity index (χ3n) is 1.20. The predicted octanol–water partition coefficient (Wildman–Crippen LogP) is 0.923. The molecule has 0 aliphatic carbocycles. The molecule has 0 aromatic heterocycles. The van der Waals surface area contributed by atoms with E-state index >= 15 is 0 Å². The highest BCUT2D eigenvalue weighted by Crippen LogP contribution is 2.02. The number of hydrogen-bond acceptors (Lipinski definition) is 5. The molecule has 0 N–H and O–H groups in total. The van der Waals surface area contributed by atoms with Gasteiger partial charge in [-0.15, -0.1) is 0 Å². The minimum absolute atomic E-state index is 0.149. The summed E-state index contributed by atoms with van der Waals surface area (Å²) >= 11 is 0. The molecule has 0 aromatic rings. The van der Waals surface area contributed by atoms with Crippen LogP contribution in [0.2, 0.25) is 0 Å². The van der Waals surface area contributed by atoms with E-state index < -0.39 is 12.1 Å². The lowest BCUT2D eigenvalue weighted by molar-refractivity contribution is 0.173.